The van der Waals surface area contributed by atoms with Crippen LogP contribution in [0.4, 0.5) is 27.1 Å². The van der Waals surface area contributed by atoms with Crippen molar-refractivity contribution in [3.63, 3.8) is 0 Å². The van der Waals surface area contributed by atoms with Crippen LogP contribution in [-0.2, 0) is 41.3 Å². The van der Waals surface area contributed by atoms with Crippen molar-refractivity contribution in [2.45, 2.75) is 157 Å². The maximum absolute atomic E-state index is 13.0. The second-order valence-electron chi connectivity index (χ2n) is 30.4. The minimum absolute atomic E-state index is 0. The van der Waals surface area contributed by atoms with Crippen LogP contribution < -0.4 is 26.0 Å². The summed E-state index contributed by atoms with van der Waals surface area (Å²) in [6.45, 7) is 2.05. The van der Waals surface area contributed by atoms with Gasteiger partial charge in [-0.1, -0.05) is 157 Å². The van der Waals surface area contributed by atoms with Crippen LogP contribution in [0.2, 0.25) is 0 Å². The number of para-hydroxylation sites is 1. The highest BCUT2D eigenvalue weighted by molar-refractivity contribution is 5.93. The number of carbonyl (C=O) groups is 4. The van der Waals surface area contributed by atoms with Crippen LogP contribution >= 0.6 is 62.0 Å². The van der Waals surface area contributed by atoms with Gasteiger partial charge in [-0.15, -0.1) is 62.0 Å². The highest BCUT2D eigenvalue weighted by atomic mass is 35.5. The van der Waals surface area contributed by atoms with Gasteiger partial charge in [0.15, 0.2) is 0 Å². The molecule has 0 atom stereocenters. The van der Waals surface area contributed by atoms with E-state index in [2.05, 4.69) is 225 Å². The van der Waals surface area contributed by atoms with E-state index in [0.717, 1.165) is 126 Å². The molecule has 109 heavy (non-hydrogen) atoms. The molecule has 0 aromatic heterocycles. The van der Waals surface area contributed by atoms with Gasteiger partial charge in [-0.05, 0) is 285 Å². The molecule has 8 aromatic rings. The SMILES string of the molecule is CN(C)C1(c2ccccc2)CCC(CC(=O)Nc2ccc(F)cc2)CC1.CN(C)C1(c2ccccc2)CCC(CC(=O)Nc2ccccc2)CC1.COc1ccc(NC(=O)CC2CCC(c3ccccc3)(N(C)C)CC2)cc1.Cc1ccc(NC(=O)CC2CCC(c3ccccc3)(N(C)C)CC2)cc1.Cl.Cl.Cl.Cl.Cl. The number of methoxy groups -OCH3 is 1. The zero-order chi connectivity index (χ0) is 74.1. The van der Waals surface area contributed by atoms with Gasteiger partial charge in [0.05, 0.1) is 7.11 Å². The molecule has 4 saturated carbocycles. The molecule has 8 aromatic carbocycles. The first kappa shape index (κ1) is 94.0. The van der Waals surface area contributed by atoms with Crippen molar-refractivity contribution in [1.82, 2.24) is 19.6 Å². The monoisotopic (exact) mass is 1590 g/mol. The van der Waals surface area contributed by atoms with E-state index in [1.54, 1.807) is 19.2 Å². The molecule has 0 spiro atoms. The fourth-order valence-electron chi connectivity index (χ4n) is 16.7. The molecule has 0 saturated heterocycles. The van der Waals surface area contributed by atoms with Crippen molar-refractivity contribution >= 4 is 108 Å². The topological polar surface area (TPSA) is 139 Å². The molecular formula is C90H120Cl5FN8O5. The number of carbonyl (C=O) groups excluding carboxylic acids is 4. The first-order valence-corrected chi connectivity index (χ1v) is 37.7. The first-order chi connectivity index (χ1) is 50.1. The summed E-state index contributed by atoms with van der Waals surface area (Å²) in [5.41, 5.74) is 10.3. The zero-order valence-corrected chi connectivity index (χ0v) is 69.6. The number of anilines is 4. The summed E-state index contributed by atoms with van der Waals surface area (Å²) in [4.78, 5) is 58.9. The van der Waals surface area contributed by atoms with Crippen LogP contribution in [0.3, 0.4) is 0 Å². The van der Waals surface area contributed by atoms with E-state index in [9.17, 15) is 23.6 Å². The van der Waals surface area contributed by atoms with E-state index < -0.39 is 0 Å². The molecule has 19 heteroatoms. The number of ether oxygens (including phenoxy) is 1. The number of aryl methyl sites for hydroxylation is 1. The maximum atomic E-state index is 13.0. The lowest BCUT2D eigenvalue weighted by Crippen LogP contribution is -2.44. The summed E-state index contributed by atoms with van der Waals surface area (Å²) >= 11 is 0. The lowest BCUT2D eigenvalue weighted by atomic mass is 9.71. The van der Waals surface area contributed by atoms with Gasteiger partial charge < -0.3 is 26.0 Å². The van der Waals surface area contributed by atoms with Gasteiger partial charge in [0.25, 0.3) is 0 Å². The molecule has 0 aliphatic heterocycles. The van der Waals surface area contributed by atoms with Crippen LogP contribution in [0.25, 0.3) is 0 Å². The summed E-state index contributed by atoms with van der Waals surface area (Å²) in [5.74, 6) is 2.66. The van der Waals surface area contributed by atoms with E-state index >= 15 is 0 Å². The molecule has 0 radical (unpaired) electrons. The Kier molecular flexibility index (Phi) is 39.6. The van der Waals surface area contributed by atoms with Crippen molar-refractivity contribution in [1.29, 1.82) is 0 Å². The summed E-state index contributed by atoms with van der Waals surface area (Å²) in [6, 6.07) is 74.2. The van der Waals surface area contributed by atoms with Gasteiger partial charge in [0.2, 0.25) is 23.6 Å². The molecule has 592 valence electrons. The minimum Gasteiger partial charge on any atom is -0.497 e. The number of hydrogen-bond donors (Lipinski definition) is 4. The fraction of sp³-hybridized carbons (Fsp3) is 0.422. The number of nitrogens with zero attached hydrogens (tertiary/aromatic N) is 4. The van der Waals surface area contributed by atoms with Crippen LogP contribution in [-0.4, -0.2) is 107 Å². The number of rotatable bonds is 21. The second-order valence-corrected chi connectivity index (χ2v) is 30.4. The summed E-state index contributed by atoms with van der Waals surface area (Å²) in [6.07, 6.45) is 19.6. The molecule has 4 N–H and O–H groups in total. The largest absolute Gasteiger partial charge is 0.497 e. The van der Waals surface area contributed by atoms with Crippen LogP contribution in [0.15, 0.2) is 224 Å². The van der Waals surface area contributed by atoms with Crippen LogP contribution in [0.5, 0.6) is 5.75 Å². The third kappa shape index (κ3) is 26.4. The molecular weight excluding hydrogens is 1470 g/mol. The van der Waals surface area contributed by atoms with Gasteiger partial charge in [-0.2, -0.15) is 0 Å². The van der Waals surface area contributed by atoms with Gasteiger partial charge in [-0.25, -0.2) is 4.39 Å². The number of benzene rings is 8. The third-order valence-electron chi connectivity index (χ3n) is 23.2. The van der Waals surface area contributed by atoms with Gasteiger partial charge >= 0.3 is 0 Å². The Morgan fingerprint density at radius 3 is 0.743 bits per heavy atom. The van der Waals surface area contributed by atoms with Gasteiger partial charge in [0, 0.05) is 70.6 Å². The highest BCUT2D eigenvalue weighted by Crippen LogP contribution is 2.48. The first-order valence-electron chi connectivity index (χ1n) is 37.7. The van der Waals surface area contributed by atoms with E-state index in [0.29, 0.717) is 55.0 Å². The molecule has 0 unspecified atom stereocenters. The minimum atomic E-state index is -0.295. The Morgan fingerprint density at radius 1 is 0.321 bits per heavy atom. The van der Waals surface area contributed by atoms with Gasteiger partial charge in [0.1, 0.15) is 11.6 Å². The molecule has 12 rings (SSSR count). The molecule has 13 nitrogen and oxygen atoms in total. The Balaban J connectivity index is 0.000000302. The van der Waals surface area contributed by atoms with Gasteiger partial charge in [-0.3, -0.25) is 38.8 Å². The average Bonchev–Trinajstić information content (AvgIpc) is 0.803. The molecule has 4 amide bonds. The lowest BCUT2D eigenvalue weighted by molar-refractivity contribution is -0.118. The predicted molar refractivity (Wildman–Crippen MR) is 461 cm³/mol. The average molecular weight is 1590 g/mol. The quantitative estimate of drug-likeness (QED) is 0.0554. The van der Waals surface area contributed by atoms with Crippen molar-refractivity contribution in [3.8, 4) is 5.75 Å². The summed E-state index contributed by atoms with van der Waals surface area (Å²) in [7, 11) is 19.0. The van der Waals surface area contributed by atoms with Crippen molar-refractivity contribution in [2.24, 2.45) is 23.7 Å². The Morgan fingerprint density at radius 2 is 0.523 bits per heavy atom. The normalized spacial score (nSPS) is 21.9. The third-order valence-corrected chi connectivity index (χ3v) is 23.2. The zero-order valence-electron chi connectivity index (χ0n) is 65.6. The second kappa shape index (κ2) is 45.9. The molecule has 4 aliphatic rings. The predicted octanol–water partition coefficient (Wildman–Crippen LogP) is 21.2. The molecule has 4 aliphatic carbocycles. The van der Waals surface area contributed by atoms with E-state index in [4.69, 9.17) is 4.74 Å². The highest BCUT2D eigenvalue weighted by Gasteiger charge is 2.43. The van der Waals surface area contributed by atoms with Crippen LogP contribution in [0.1, 0.15) is 156 Å². The maximum Gasteiger partial charge on any atom is 0.224 e. The Hall–Kier alpha value is -7.34. The summed E-state index contributed by atoms with van der Waals surface area (Å²) < 4.78 is 18.1. The number of nitrogens with one attached hydrogen (secondary N) is 4. The number of halogens is 6. The molecule has 4 fully saturated rings. The standard InChI is InChI=1S/C23H30N2O2.C23H30N2O.C22H27FN2O.C22H28N2O.5ClH/c1-25(2)23(19-7-5-4-6-8-19)15-13-18(14-16-23)17-22(26)24-20-9-11-21(27-3)12-10-20;1-18-9-11-21(12-10-18)24-22(26)17-19-13-15-23(16-14-19,25(2)3)20-7-5-4-6-8-20;1-25(2)22(18-6-4-3-5-7-18)14-12-17(13-15-22)16-21(26)24-20-10-8-19(23)9-11-20;1-24(2)22(19-9-5-3-6-10-19)15-13-18(14-16-22)17-21(25)23-20-11-7-4-8-12-20;;;;;/h4-12,18H,13-17H2,1-3H3,(H,24,26);4-12,19H,13-17H2,1-3H3,(H,24,26);3-11,17H,12-16H2,1-2H3,(H,24,26);3-12,18H,13-17H2,1-2H3,(H,23,25);5*1H. The number of hydrogen-bond acceptors (Lipinski definition) is 9. The smallest absolute Gasteiger partial charge is 0.224 e. The van der Waals surface area contributed by atoms with Crippen LogP contribution in [0, 0.1) is 36.4 Å². The van der Waals surface area contributed by atoms with Crippen molar-refractivity contribution in [2.75, 3.05) is 84.8 Å². The fourth-order valence-corrected chi connectivity index (χ4v) is 16.7. The molecule has 0 heterocycles. The van der Waals surface area contributed by atoms with E-state index in [-0.39, 0.29) is 114 Å². The lowest BCUT2D eigenvalue weighted by Gasteiger charge is -2.45. The Labute approximate surface area is 681 Å². The van der Waals surface area contributed by atoms with Crippen molar-refractivity contribution < 1.29 is 28.3 Å². The van der Waals surface area contributed by atoms with E-state index in [1.165, 1.54) is 39.9 Å². The summed E-state index contributed by atoms with van der Waals surface area (Å²) in [5, 5.41) is 11.9. The van der Waals surface area contributed by atoms with E-state index in [1.807, 2.05) is 78.9 Å². The Bertz CT molecular complexity index is 3770. The molecule has 0 bridgehead atoms. The number of amides is 4. The van der Waals surface area contributed by atoms with Crippen molar-refractivity contribution in [3.05, 3.63) is 258 Å².